The van der Waals surface area contributed by atoms with Crippen LogP contribution in [0.4, 0.5) is 0 Å². The molecule has 2 nitrogen and oxygen atoms in total. The van der Waals surface area contributed by atoms with E-state index in [9.17, 15) is 0 Å². The highest BCUT2D eigenvalue weighted by atomic mass is 32.1. The Balaban J connectivity index is 2.21. The monoisotopic (exact) mass is 217 g/mol. The van der Waals surface area contributed by atoms with Gasteiger partial charge >= 0.3 is 0 Å². The molecule has 0 unspecified atom stereocenters. The molecule has 0 aromatic rings. The smallest absolute Gasteiger partial charge is 0.0876 e. The Morgan fingerprint density at radius 1 is 1.14 bits per heavy atom. The number of hydrogen-bond acceptors (Lipinski definition) is 2. The Morgan fingerprint density at radius 3 is 2.43 bits per heavy atom. The van der Waals surface area contributed by atoms with Gasteiger partial charge in [0.1, 0.15) is 0 Å². The fraction of sp³-hybridized carbons (Fsp3) is 1.00. The Morgan fingerprint density at radius 2 is 1.86 bits per heavy atom. The third-order valence-corrected chi connectivity index (χ3v) is 3.60. The van der Waals surface area contributed by atoms with E-state index in [4.69, 9.17) is 0 Å². The van der Waals surface area contributed by atoms with E-state index >= 15 is 0 Å². The topological polar surface area (TPSA) is 12.0 Å². The molecule has 1 N–H and O–H groups in total. The second-order valence-corrected chi connectivity index (χ2v) is 4.92. The number of rotatable bonds is 7. The van der Waals surface area contributed by atoms with Crippen molar-refractivity contribution in [1.29, 1.82) is 0 Å². The second kappa shape index (κ2) is 6.70. The van der Waals surface area contributed by atoms with Crippen molar-refractivity contribution in [3.05, 3.63) is 0 Å². The number of thiol groups is 1. The summed E-state index contributed by atoms with van der Waals surface area (Å²) in [7, 11) is 2.04. The molecule has 1 saturated heterocycles. The van der Waals surface area contributed by atoms with Gasteiger partial charge in [-0.2, -0.15) is 12.6 Å². The molecule has 84 valence electrons. The second-order valence-electron chi connectivity index (χ2n) is 4.48. The predicted molar refractivity (Wildman–Crippen MR) is 66.0 cm³/mol. The van der Waals surface area contributed by atoms with Crippen molar-refractivity contribution in [2.75, 3.05) is 45.5 Å². The van der Waals surface area contributed by atoms with Gasteiger partial charge in [-0.15, -0.1) is 0 Å². The van der Waals surface area contributed by atoms with Crippen molar-refractivity contribution in [2.24, 2.45) is 0 Å². The molecule has 1 heterocycles. The van der Waals surface area contributed by atoms with Crippen LogP contribution in [-0.2, 0) is 0 Å². The summed E-state index contributed by atoms with van der Waals surface area (Å²) in [5.74, 6) is 1.05. The minimum atomic E-state index is 1.05. The molecule has 0 saturated carbocycles. The number of nitrogens with zero attached hydrogens (tertiary/aromatic N) is 1. The zero-order valence-electron chi connectivity index (χ0n) is 9.47. The SMILES string of the molecule is CNCCCC[N+]1(CCS)CCCC1. The maximum Gasteiger partial charge on any atom is 0.0876 e. The van der Waals surface area contributed by atoms with Crippen molar-refractivity contribution in [3.63, 3.8) is 0 Å². The van der Waals surface area contributed by atoms with E-state index in [2.05, 4.69) is 17.9 Å². The molecule has 0 radical (unpaired) electrons. The molecule has 0 aromatic carbocycles. The maximum atomic E-state index is 4.39. The van der Waals surface area contributed by atoms with Gasteiger partial charge in [-0.1, -0.05) is 0 Å². The zero-order valence-corrected chi connectivity index (χ0v) is 10.4. The fourth-order valence-electron chi connectivity index (χ4n) is 2.53. The Hall–Kier alpha value is 0.270. The van der Waals surface area contributed by atoms with Gasteiger partial charge in [-0.25, -0.2) is 0 Å². The van der Waals surface area contributed by atoms with Crippen molar-refractivity contribution >= 4 is 12.6 Å². The summed E-state index contributed by atoms with van der Waals surface area (Å²) in [6.07, 6.45) is 5.55. The van der Waals surface area contributed by atoms with Gasteiger partial charge < -0.3 is 9.80 Å². The van der Waals surface area contributed by atoms with Crippen LogP contribution in [0.25, 0.3) is 0 Å². The molecule has 1 aliphatic heterocycles. The van der Waals surface area contributed by atoms with Gasteiger partial charge in [0.15, 0.2) is 0 Å². The number of likely N-dealkylation sites (tertiary alicyclic amines) is 1. The van der Waals surface area contributed by atoms with Gasteiger partial charge in [0.25, 0.3) is 0 Å². The lowest BCUT2D eigenvalue weighted by Crippen LogP contribution is -2.47. The predicted octanol–water partition coefficient (Wildman–Crippen LogP) is 1.53. The van der Waals surface area contributed by atoms with Crippen LogP contribution in [0.3, 0.4) is 0 Å². The van der Waals surface area contributed by atoms with Gasteiger partial charge in [0, 0.05) is 18.6 Å². The highest BCUT2D eigenvalue weighted by molar-refractivity contribution is 7.80. The number of quaternary nitrogens is 1. The van der Waals surface area contributed by atoms with Gasteiger partial charge in [-0.05, 0) is 26.4 Å². The molecular weight excluding hydrogens is 192 g/mol. The van der Waals surface area contributed by atoms with E-state index in [1.165, 1.54) is 62.9 Å². The lowest BCUT2D eigenvalue weighted by molar-refractivity contribution is -0.914. The molecular formula is C11H25N2S+. The van der Waals surface area contributed by atoms with Crippen molar-refractivity contribution in [2.45, 2.75) is 25.7 Å². The Bertz CT molecular complexity index is 144. The molecule has 0 bridgehead atoms. The first-order valence-electron chi connectivity index (χ1n) is 5.93. The Kier molecular flexibility index (Phi) is 5.90. The van der Waals surface area contributed by atoms with Crippen LogP contribution >= 0.6 is 12.6 Å². The van der Waals surface area contributed by atoms with Crippen LogP contribution in [0, 0.1) is 0 Å². The van der Waals surface area contributed by atoms with E-state index in [0.717, 1.165) is 5.75 Å². The highest BCUT2D eigenvalue weighted by Crippen LogP contribution is 2.20. The lowest BCUT2D eigenvalue weighted by atomic mass is 10.2. The van der Waals surface area contributed by atoms with Crippen LogP contribution in [0.15, 0.2) is 0 Å². The minimum Gasteiger partial charge on any atom is -0.323 e. The lowest BCUT2D eigenvalue weighted by Gasteiger charge is -2.34. The summed E-state index contributed by atoms with van der Waals surface area (Å²) in [5, 5.41) is 3.22. The average molecular weight is 217 g/mol. The summed E-state index contributed by atoms with van der Waals surface area (Å²) in [4.78, 5) is 0. The summed E-state index contributed by atoms with van der Waals surface area (Å²) in [6, 6.07) is 0. The average Bonchev–Trinajstić information content (AvgIpc) is 2.63. The first-order chi connectivity index (χ1) is 6.83. The van der Waals surface area contributed by atoms with Crippen LogP contribution in [0.2, 0.25) is 0 Å². The molecule has 1 aliphatic rings. The van der Waals surface area contributed by atoms with Crippen LogP contribution in [0.1, 0.15) is 25.7 Å². The normalized spacial score (nSPS) is 20.1. The quantitative estimate of drug-likeness (QED) is 0.374. The number of unbranched alkanes of at least 4 members (excludes halogenated alkanes) is 1. The molecule has 0 spiro atoms. The van der Waals surface area contributed by atoms with E-state index in [-0.39, 0.29) is 0 Å². The van der Waals surface area contributed by atoms with Gasteiger partial charge in [0.05, 0.1) is 26.2 Å². The Labute approximate surface area is 94.1 Å². The zero-order chi connectivity index (χ0) is 10.3. The van der Waals surface area contributed by atoms with Crippen molar-refractivity contribution in [1.82, 2.24) is 5.32 Å². The first-order valence-corrected chi connectivity index (χ1v) is 6.57. The number of nitrogens with one attached hydrogen (secondary N) is 1. The van der Waals surface area contributed by atoms with Crippen LogP contribution in [-0.4, -0.2) is 50.0 Å². The van der Waals surface area contributed by atoms with E-state index in [1.54, 1.807) is 0 Å². The van der Waals surface area contributed by atoms with E-state index in [0.29, 0.717) is 0 Å². The van der Waals surface area contributed by atoms with Crippen LogP contribution < -0.4 is 5.32 Å². The number of hydrogen-bond donors (Lipinski definition) is 2. The maximum absolute atomic E-state index is 4.39. The molecule has 1 rings (SSSR count). The fourth-order valence-corrected chi connectivity index (χ4v) is 2.95. The van der Waals surface area contributed by atoms with Crippen molar-refractivity contribution < 1.29 is 4.48 Å². The van der Waals surface area contributed by atoms with Gasteiger partial charge in [0.2, 0.25) is 0 Å². The van der Waals surface area contributed by atoms with Crippen LogP contribution in [0.5, 0.6) is 0 Å². The van der Waals surface area contributed by atoms with Gasteiger partial charge in [-0.3, -0.25) is 0 Å². The molecule has 0 aliphatic carbocycles. The summed E-state index contributed by atoms with van der Waals surface area (Å²) >= 11 is 4.39. The molecule has 0 aromatic heterocycles. The largest absolute Gasteiger partial charge is 0.323 e. The molecule has 0 atom stereocenters. The molecule has 1 fully saturated rings. The third-order valence-electron chi connectivity index (χ3n) is 3.40. The molecule has 14 heavy (non-hydrogen) atoms. The summed E-state index contributed by atoms with van der Waals surface area (Å²) in [5.41, 5.74) is 0. The first kappa shape index (κ1) is 12.3. The van der Waals surface area contributed by atoms with E-state index in [1.807, 2.05) is 7.05 Å². The summed E-state index contributed by atoms with van der Waals surface area (Å²) in [6.45, 7) is 6.63. The minimum absolute atomic E-state index is 1.05. The highest BCUT2D eigenvalue weighted by Gasteiger charge is 2.30. The van der Waals surface area contributed by atoms with Crippen molar-refractivity contribution in [3.8, 4) is 0 Å². The summed E-state index contributed by atoms with van der Waals surface area (Å²) < 4.78 is 1.35. The molecule has 3 heteroatoms. The molecule has 0 amide bonds. The van der Waals surface area contributed by atoms with E-state index < -0.39 is 0 Å². The standard InChI is InChI=1S/C11H24N2S/c1-12-6-2-3-7-13(10-11-14)8-4-5-9-13/h12H,2-11H2,1H3/p+1. The third kappa shape index (κ3) is 3.79.